The van der Waals surface area contributed by atoms with Crippen molar-refractivity contribution >= 4 is 28.4 Å². The third-order valence-electron chi connectivity index (χ3n) is 2.99. The van der Waals surface area contributed by atoms with E-state index in [1.165, 1.54) is 0 Å². The quantitative estimate of drug-likeness (QED) is 0.771. The van der Waals surface area contributed by atoms with Crippen LogP contribution in [0.5, 0.6) is 0 Å². The third-order valence-corrected chi connectivity index (χ3v) is 4.06. The molecule has 0 spiro atoms. The van der Waals surface area contributed by atoms with E-state index in [2.05, 4.69) is 5.32 Å². The fourth-order valence-corrected chi connectivity index (χ4v) is 2.72. The van der Waals surface area contributed by atoms with Gasteiger partial charge in [0.15, 0.2) is 0 Å². The van der Waals surface area contributed by atoms with Gasteiger partial charge in [-0.3, -0.25) is 4.79 Å². The number of thioether (sulfide) groups is 1. The van der Waals surface area contributed by atoms with Crippen molar-refractivity contribution in [2.75, 3.05) is 24.7 Å². The van der Waals surface area contributed by atoms with Gasteiger partial charge >= 0.3 is 0 Å². The molecule has 0 aliphatic carbocycles. The van der Waals surface area contributed by atoms with Crippen LogP contribution in [-0.4, -0.2) is 35.7 Å². The van der Waals surface area contributed by atoms with Crippen molar-refractivity contribution in [3.63, 3.8) is 0 Å². The van der Waals surface area contributed by atoms with Crippen molar-refractivity contribution < 1.29 is 9.90 Å². The average Bonchev–Trinajstić information content (AvgIpc) is 2.50. The predicted octanol–water partition coefficient (Wildman–Crippen LogP) is 2.69. The Labute approximate surface area is 123 Å². The summed E-state index contributed by atoms with van der Waals surface area (Å²) in [5, 5.41) is 13.8. The van der Waals surface area contributed by atoms with Gasteiger partial charge in [0.25, 0.3) is 5.91 Å². The van der Waals surface area contributed by atoms with Crippen molar-refractivity contribution in [2.24, 2.45) is 0 Å². The van der Waals surface area contributed by atoms with Crippen LogP contribution in [-0.2, 0) is 0 Å². The largest absolute Gasteiger partial charge is 0.396 e. The maximum absolute atomic E-state index is 12.0. The molecule has 0 aliphatic rings. The fraction of sp³-hybridized carbons (Fsp3) is 0.312. The summed E-state index contributed by atoms with van der Waals surface area (Å²) in [5.41, 5.74) is 0.698. The van der Waals surface area contributed by atoms with Crippen molar-refractivity contribution in [1.29, 1.82) is 0 Å². The first-order valence-electron chi connectivity index (χ1n) is 6.77. The maximum atomic E-state index is 12.0. The van der Waals surface area contributed by atoms with E-state index in [1.54, 1.807) is 11.8 Å². The lowest BCUT2D eigenvalue weighted by Crippen LogP contribution is -2.25. The molecule has 2 aromatic rings. The number of amides is 1. The molecule has 4 heteroatoms. The van der Waals surface area contributed by atoms with E-state index in [-0.39, 0.29) is 12.5 Å². The van der Waals surface area contributed by atoms with Gasteiger partial charge in [0.1, 0.15) is 0 Å². The van der Waals surface area contributed by atoms with Gasteiger partial charge in [-0.2, -0.15) is 11.8 Å². The molecule has 0 fully saturated rings. The zero-order valence-corrected chi connectivity index (χ0v) is 12.2. The zero-order valence-electron chi connectivity index (χ0n) is 11.3. The van der Waals surface area contributed by atoms with Gasteiger partial charge in [-0.05, 0) is 35.1 Å². The number of fused-ring (bicyclic) bond motifs is 1. The summed E-state index contributed by atoms with van der Waals surface area (Å²) in [6.45, 7) is 0.887. The Kier molecular flexibility index (Phi) is 5.89. The summed E-state index contributed by atoms with van der Waals surface area (Å²) in [7, 11) is 0. The van der Waals surface area contributed by atoms with Crippen LogP contribution in [0.4, 0.5) is 0 Å². The maximum Gasteiger partial charge on any atom is 0.251 e. The van der Waals surface area contributed by atoms with Crippen LogP contribution in [0.1, 0.15) is 16.8 Å². The molecule has 0 aromatic heterocycles. The lowest BCUT2D eigenvalue weighted by molar-refractivity contribution is 0.0956. The Morgan fingerprint density at radius 1 is 1.10 bits per heavy atom. The first kappa shape index (κ1) is 14.9. The van der Waals surface area contributed by atoms with Crippen LogP contribution in [0, 0.1) is 0 Å². The molecule has 0 heterocycles. The van der Waals surface area contributed by atoms with Gasteiger partial charge < -0.3 is 10.4 Å². The van der Waals surface area contributed by atoms with Gasteiger partial charge in [-0.15, -0.1) is 0 Å². The topological polar surface area (TPSA) is 49.3 Å². The number of benzene rings is 2. The summed E-state index contributed by atoms with van der Waals surface area (Å²) in [6.07, 6.45) is 0.809. The SMILES string of the molecule is O=C(NCCSCCCO)c1ccc2ccccc2c1. The molecular weight excluding hydrogens is 270 g/mol. The molecule has 20 heavy (non-hydrogen) atoms. The van der Waals surface area contributed by atoms with Crippen molar-refractivity contribution in [2.45, 2.75) is 6.42 Å². The molecule has 0 bridgehead atoms. The zero-order chi connectivity index (χ0) is 14.2. The lowest BCUT2D eigenvalue weighted by atomic mass is 10.1. The Bertz CT molecular complexity index is 571. The van der Waals surface area contributed by atoms with Crippen molar-refractivity contribution in [3.8, 4) is 0 Å². The molecular formula is C16H19NO2S. The molecule has 2 aromatic carbocycles. The highest BCUT2D eigenvalue weighted by Crippen LogP contribution is 2.15. The minimum Gasteiger partial charge on any atom is -0.396 e. The summed E-state index contributed by atoms with van der Waals surface area (Å²) < 4.78 is 0. The van der Waals surface area contributed by atoms with Crippen LogP contribution in [0.15, 0.2) is 42.5 Å². The normalized spacial score (nSPS) is 10.7. The molecule has 2 N–H and O–H groups in total. The Balaban J connectivity index is 1.84. The standard InChI is InChI=1S/C16H19NO2S/c18-9-3-10-20-11-8-17-16(19)15-7-6-13-4-1-2-5-14(13)12-15/h1-2,4-7,12,18H,3,8-11H2,(H,17,19). The Morgan fingerprint density at radius 2 is 1.90 bits per heavy atom. The minimum atomic E-state index is -0.0292. The number of aliphatic hydroxyl groups is 1. The van der Waals surface area contributed by atoms with E-state index >= 15 is 0 Å². The fourth-order valence-electron chi connectivity index (χ4n) is 1.94. The molecule has 3 nitrogen and oxygen atoms in total. The second-order valence-corrected chi connectivity index (χ2v) is 5.73. The first-order chi connectivity index (χ1) is 9.81. The van der Waals surface area contributed by atoms with E-state index in [0.29, 0.717) is 12.1 Å². The molecule has 0 aliphatic heterocycles. The number of aliphatic hydroxyl groups excluding tert-OH is 1. The second kappa shape index (κ2) is 7.92. The van der Waals surface area contributed by atoms with Crippen molar-refractivity contribution in [3.05, 3.63) is 48.0 Å². The molecule has 106 valence electrons. The lowest BCUT2D eigenvalue weighted by Gasteiger charge is -2.06. The molecule has 0 saturated carbocycles. The smallest absolute Gasteiger partial charge is 0.251 e. The number of hydrogen-bond acceptors (Lipinski definition) is 3. The van der Waals surface area contributed by atoms with Crippen LogP contribution >= 0.6 is 11.8 Å². The van der Waals surface area contributed by atoms with Gasteiger partial charge in [0.05, 0.1) is 0 Å². The molecule has 1 amide bonds. The highest BCUT2D eigenvalue weighted by Gasteiger charge is 2.05. The minimum absolute atomic E-state index is 0.0292. The van der Waals surface area contributed by atoms with Crippen LogP contribution < -0.4 is 5.32 Å². The van der Waals surface area contributed by atoms with E-state index in [4.69, 9.17) is 5.11 Å². The van der Waals surface area contributed by atoms with Gasteiger partial charge in [-0.25, -0.2) is 0 Å². The number of nitrogens with one attached hydrogen (secondary N) is 1. The van der Waals surface area contributed by atoms with E-state index in [1.807, 2.05) is 42.5 Å². The van der Waals surface area contributed by atoms with Gasteiger partial charge in [-0.1, -0.05) is 30.3 Å². The number of carbonyl (C=O) groups excluding carboxylic acids is 1. The highest BCUT2D eigenvalue weighted by molar-refractivity contribution is 7.99. The molecule has 0 atom stereocenters. The van der Waals surface area contributed by atoms with E-state index in [9.17, 15) is 4.79 Å². The predicted molar refractivity (Wildman–Crippen MR) is 85.3 cm³/mol. The van der Waals surface area contributed by atoms with E-state index in [0.717, 1.165) is 28.7 Å². The first-order valence-corrected chi connectivity index (χ1v) is 7.92. The van der Waals surface area contributed by atoms with Crippen molar-refractivity contribution in [1.82, 2.24) is 5.32 Å². The van der Waals surface area contributed by atoms with Gasteiger partial charge in [0, 0.05) is 24.5 Å². The monoisotopic (exact) mass is 289 g/mol. The van der Waals surface area contributed by atoms with Gasteiger partial charge in [0.2, 0.25) is 0 Å². The molecule has 0 saturated heterocycles. The van der Waals surface area contributed by atoms with E-state index < -0.39 is 0 Å². The Morgan fingerprint density at radius 3 is 2.70 bits per heavy atom. The summed E-state index contributed by atoms with van der Waals surface area (Å²) in [5.74, 6) is 1.78. The van der Waals surface area contributed by atoms with Crippen LogP contribution in [0.2, 0.25) is 0 Å². The number of rotatable bonds is 7. The summed E-state index contributed by atoms with van der Waals surface area (Å²) >= 11 is 1.74. The van der Waals surface area contributed by atoms with Crippen LogP contribution in [0.25, 0.3) is 10.8 Å². The highest BCUT2D eigenvalue weighted by atomic mass is 32.2. The Hall–Kier alpha value is -1.52. The summed E-state index contributed by atoms with van der Waals surface area (Å²) in [4.78, 5) is 12.0. The molecule has 0 unspecified atom stereocenters. The third kappa shape index (κ3) is 4.25. The number of carbonyl (C=O) groups is 1. The average molecular weight is 289 g/mol. The number of hydrogen-bond donors (Lipinski definition) is 2. The summed E-state index contributed by atoms with van der Waals surface area (Å²) in [6, 6.07) is 13.8. The molecule has 0 radical (unpaired) electrons. The van der Waals surface area contributed by atoms with Crippen LogP contribution in [0.3, 0.4) is 0 Å². The second-order valence-electron chi connectivity index (χ2n) is 4.51. The molecule has 2 rings (SSSR count).